The number of rotatable bonds is 3. The molecule has 0 aromatic rings. The van der Waals surface area contributed by atoms with Gasteiger partial charge in [0.1, 0.15) is 12.3 Å². The van der Waals surface area contributed by atoms with Crippen molar-refractivity contribution >= 4 is 18.3 Å². The minimum absolute atomic E-state index is 0.381. The number of morpholine rings is 2. The number of ether oxygens (including phenoxy) is 2. The molecule has 0 unspecified atom stereocenters. The Hall–Kier alpha value is -1.87. The van der Waals surface area contributed by atoms with Gasteiger partial charge in [-0.2, -0.15) is 0 Å². The monoisotopic (exact) mass is 328 g/mol. The number of hydrogen-bond donors (Lipinski definition) is 1. The Morgan fingerprint density at radius 3 is 2.09 bits per heavy atom. The average Bonchev–Trinajstić information content (AvgIpc) is 2.62. The van der Waals surface area contributed by atoms with Crippen LogP contribution in [0, 0.1) is 0 Å². The number of carbonyl (C=O) groups excluding carboxylic acids is 3. The number of hydrazine groups is 1. The fourth-order valence-electron chi connectivity index (χ4n) is 2.46. The van der Waals surface area contributed by atoms with Gasteiger partial charge in [-0.05, 0) is 6.42 Å². The zero-order chi connectivity index (χ0) is 16.7. The molecule has 0 spiro atoms. The van der Waals surface area contributed by atoms with Gasteiger partial charge in [-0.3, -0.25) is 0 Å². The number of hydrogen-bond acceptors (Lipinski definition) is 5. The molecular formula is C14H24N4O5. The summed E-state index contributed by atoms with van der Waals surface area (Å²) in [5.74, 6) is 0. The van der Waals surface area contributed by atoms with Gasteiger partial charge >= 0.3 is 12.1 Å². The van der Waals surface area contributed by atoms with Crippen molar-refractivity contribution in [2.45, 2.75) is 19.4 Å². The van der Waals surface area contributed by atoms with E-state index in [0.29, 0.717) is 65.3 Å². The predicted molar refractivity (Wildman–Crippen MR) is 80.7 cm³/mol. The Morgan fingerprint density at radius 2 is 1.61 bits per heavy atom. The van der Waals surface area contributed by atoms with Crippen molar-refractivity contribution in [2.75, 3.05) is 52.6 Å². The molecule has 2 aliphatic rings. The van der Waals surface area contributed by atoms with Gasteiger partial charge in [0, 0.05) is 26.2 Å². The zero-order valence-electron chi connectivity index (χ0n) is 13.4. The van der Waals surface area contributed by atoms with Crippen LogP contribution < -0.4 is 5.43 Å². The normalized spacial score (nSPS) is 19.9. The van der Waals surface area contributed by atoms with Gasteiger partial charge in [0.15, 0.2) is 0 Å². The summed E-state index contributed by atoms with van der Waals surface area (Å²) in [6.07, 6.45) is 1.10. The van der Waals surface area contributed by atoms with Crippen LogP contribution in [0.3, 0.4) is 0 Å². The van der Waals surface area contributed by atoms with Crippen LogP contribution in [0.2, 0.25) is 0 Å². The molecule has 1 atom stereocenters. The number of nitrogens with zero attached hydrogens (tertiary/aromatic N) is 3. The number of urea groups is 2. The molecule has 0 aliphatic carbocycles. The van der Waals surface area contributed by atoms with E-state index in [4.69, 9.17) is 9.47 Å². The van der Waals surface area contributed by atoms with Gasteiger partial charge < -0.3 is 24.1 Å². The Kier molecular flexibility index (Phi) is 6.60. The fraction of sp³-hybridized carbons (Fsp3) is 0.786. The molecule has 2 saturated heterocycles. The number of amides is 4. The molecule has 0 bridgehead atoms. The summed E-state index contributed by atoms with van der Waals surface area (Å²) in [5.41, 5.74) is 2.59. The van der Waals surface area contributed by atoms with Crippen LogP contribution in [-0.2, 0) is 14.3 Å². The highest BCUT2D eigenvalue weighted by atomic mass is 16.5. The fourth-order valence-corrected chi connectivity index (χ4v) is 2.46. The highest BCUT2D eigenvalue weighted by Crippen LogP contribution is 2.08. The van der Waals surface area contributed by atoms with Crippen molar-refractivity contribution in [1.29, 1.82) is 0 Å². The summed E-state index contributed by atoms with van der Waals surface area (Å²) in [4.78, 5) is 39.4. The lowest BCUT2D eigenvalue weighted by molar-refractivity contribution is -0.112. The van der Waals surface area contributed by atoms with E-state index in [1.165, 1.54) is 0 Å². The minimum Gasteiger partial charge on any atom is -0.378 e. The van der Waals surface area contributed by atoms with Crippen LogP contribution in [0.15, 0.2) is 0 Å². The highest BCUT2D eigenvalue weighted by molar-refractivity contribution is 5.83. The standard InChI is InChI=1S/C14H24N4O5/c1-2-12(11-19)18(14(21)17-5-9-23-10-6-17)15-13(20)16-3-7-22-8-4-16/h11-12H,2-10H2,1H3,(H,15,20)/t12-/m1/s1. The lowest BCUT2D eigenvalue weighted by Gasteiger charge is -2.37. The molecule has 9 nitrogen and oxygen atoms in total. The first-order valence-electron chi connectivity index (χ1n) is 7.91. The van der Waals surface area contributed by atoms with E-state index >= 15 is 0 Å². The molecule has 2 aliphatic heterocycles. The quantitative estimate of drug-likeness (QED) is 0.566. The molecule has 9 heteroatoms. The average molecular weight is 328 g/mol. The van der Waals surface area contributed by atoms with Crippen LogP contribution >= 0.6 is 0 Å². The van der Waals surface area contributed by atoms with Gasteiger partial charge in [0.05, 0.1) is 26.4 Å². The number of carbonyl (C=O) groups is 3. The predicted octanol–water partition coefficient (Wildman–Crippen LogP) is -0.325. The first-order valence-corrected chi connectivity index (χ1v) is 7.91. The van der Waals surface area contributed by atoms with Gasteiger partial charge in [-0.15, -0.1) is 0 Å². The summed E-state index contributed by atoms with van der Waals surface area (Å²) >= 11 is 0. The molecule has 0 radical (unpaired) electrons. The van der Waals surface area contributed by atoms with E-state index in [-0.39, 0.29) is 6.03 Å². The van der Waals surface area contributed by atoms with E-state index in [1.807, 2.05) is 0 Å². The largest absolute Gasteiger partial charge is 0.378 e. The molecule has 130 valence electrons. The minimum atomic E-state index is -0.699. The molecule has 0 saturated carbocycles. The Labute approximate surface area is 135 Å². The first-order chi connectivity index (χ1) is 11.2. The summed E-state index contributed by atoms with van der Waals surface area (Å²) in [7, 11) is 0. The molecular weight excluding hydrogens is 304 g/mol. The maximum atomic E-state index is 12.7. The van der Waals surface area contributed by atoms with Crippen molar-refractivity contribution < 1.29 is 23.9 Å². The van der Waals surface area contributed by atoms with Crippen LogP contribution in [0.5, 0.6) is 0 Å². The topological polar surface area (TPSA) is 91.4 Å². The lowest BCUT2D eigenvalue weighted by atomic mass is 10.2. The summed E-state index contributed by atoms with van der Waals surface area (Å²) < 4.78 is 10.4. The Morgan fingerprint density at radius 1 is 1.09 bits per heavy atom. The van der Waals surface area contributed by atoms with E-state index in [1.54, 1.807) is 16.7 Å². The van der Waals surface area contributed by atoms with Crippen molar-refractivity contribution in [2.24, 2.45) is 0 Å². The third-order valence-electron chi connectivity index (χ3n) is 3.91. The second-order valence-corrected chi connectivity index (χ2v) is 5.38. The maximum Gasteiger partial charge on any atom is 0.339 e. The van der Waals surface area contributed by atoms with E-state index in [9.17, 15) is 14.4 Å². The number of aldehydes is 1. The van der Waals surface area contributed by atoms with Crippen molar-refractivity contribution in [3.05, 3.63) is 0 Å². The van der Waals surface area contributed by atoms with Crippen LogP contribution in [0.1, 0.15) is 13.3 Å². The van der Waals surface area contributed by atoms with E-state index in [2.05, 4.69) is 5.43 Å². The van der Waals surface area contributed by atoms with Crippen molar-refractivity contribution in [3.8, 4) is 0 Å². The second kappa shape index (κ2) is 8.68. The molecule has 23 heavy (non-hydrogen) atoms. The highest BCUT2D eigenvalue weighted by Gasteiger charge is 2.31. The molecule has 0 aromatic carbocycles. The Balaban J connectivity index is 2.04. The zero-order valence-corrected chi connectivity index (χ0v) is 13.4. The van der Waals surface area contributed by atoms with Crippen LogP contribution in [0.4, 0.5) is 9.59 Å². The molecule has 1 N–H and O–H groups in total. The lowest BCUT2D eigenvalue weighted by Crippen LogP contribution is -2.61. The smallest absolute Gasteiger partial charge is 0.339 e. The van der Waals surface area contributed by atoms with Gasteiger partial charge in [-0.1, -0.05) is 6.92 Å². The Bertz CT molecular complexity index is 421. The first kappa shape index (κ1) is 17.5. The van der Waals surface area contributed by atoms with E-state index in [0.717, 1.165) is 5.01 Å². The molecule has 2 rings (SSSR count). The van der Waals surface area contributed by atoms with Crippen molar-refractivity contribution in [3.63, 3.8) is 0 Å². The molecule has 4 amide bonds. The summed E-state index contributed by atoms with van der Waals surface area (Å²) in [6, 6.07) is -1.47. The third-order valence-corrected chi connectivity index (χ3v) is 3.91. The number of nitrogens with one attached hydrogen (secondary N) is 1. The summed E-state index contributed by atoms with van der Waals surface area (Å²) in [6.45, 7) is 5.44. The maximum absolute atomic E-state index is 12.7. The third kappa shape index (κ3) is 4.55. The molecule has 0 aromatic heterocycles. The molecule has 2 heterocycles. The second-order valence-electron chi connectivity index (χ2n) is 5.38. The SMILES string of the molecule is CC[C@H](C=O)N(NC(=O)N1CCOCC1)C(=O)N1CCOCC1. The van der Waals surface area contributed by atoms with Crippen LogP contribution in [0.25, 0.3) is 0 Å². The van der Waals surface area contributed by atoms with E-state index < -0.39 is 12.1 Å². The van der Waals surface area contributed by atoms with Gasteiger partial charge in [0.2, 0.25) is 0 Å². The van der Waals surface area contributed by atoms with Crippen molar-refractivity contribution in [1.82, 2.24) is 20.2 Å². The van der Waals surface area contributed by atoms with Crippen LogP contribution in [-0.4, -0.2) is 91.8 Å². The van der Waals surface area contributed by atoms with Gasteiger partial charge in [-0.25, -0.2) is 20.0 Å². The van der Waals surface area contributed by atoms with Gasteiger partial charge in [0.25, 0.3) is 0 Å². The summed E-state index contributed by atoms with van der Waals surface area (Å²) in [5, 5.41) is 1.14. The molecule has 2 fully saturated rings.